The van der Waals surface area contributed by atoms with Crippen molar-refractivity contribution in [3.8, 4) is 0 Å². The maximum Gasteiger partial charge on any atom is 0.240 e. The second-order valence-corrected chi connectivity index (χ2v) is 7.22. The Hall–Kier alpha value is -1.70. The molecule has 2 aromatic rings. The number of hydrogen-bond donors (Lipinski definition) is 2. The van der Waals surface area contributed by atoms with Gasteiger partial charge in [-0.3, -0.25) is 4.68 Å². The fourth-order valence-electron chi connectivity index (χ4n) is 2.30. The van der Waals surface area contributed by atoms with Crippen molar-refractivity contribution < 1.29 is 8.42 Å². The molecule has 0 aliphatic rings. The number of aryl methyl sites for hydroxylation is 1. The quantitative estimate of drug-likeness (QED) is 0.849. The lowest BCUT2D eigenvalue weighted by Crippen LogP contribution is -2.23. The summed E-state index contributed by atoms with van der Waals surface area (Å²) in [6.45, 7) is 4.07. The third-order valence-corrected chi connectivity index (χ3v) is 5.07. The van der Waals surface area contributed by atoms with Gasteiger partial charge in [0.1, 0.15) is 0 Å². The van der Waals surface area contributed by atoms with E-state index in [2.05, 4.69) is 22.1 Å². The van der Waals surface area contributed by atoms with Gasteiger partial charge < -0.3 is 5.32 Å². The smallest absolute Gasteiger partial charge is 0.240 e. The molecular formula is C15H22N4O2S. The average molecular weight is 322 g/mol. The molecule has 22 heavy (non-hydrogen) atoms. The first-order valence-corrected chi connectivity index (χ1v) is 8.60. The molecule has 0 radical (unpaired) electrons. The number of rotatable bonds is 6. The molecule has 2 atom stereocenters. The Morgan fingerprint density at radius 2 is 1.86 bits per heavy atom. The van der Waals surface area contributed by atoms with E-state index >= 15 is 0 Å². The molecule has 120 valence electrons. The second kappa shape index (κ2) is 6.60. The molecule has 2 rings (SSSR count). The minimum absolute atomic E-state index is 0.0159. The summed E-state index contributed by atoms with van der Waals surface area (Å²) in [4.78, 5) is 0.273. The minimum atomic E-state index is -3.42. The van der Waals surface area contributed by atoms with Crippen molar-refractivity contribution in [3.63, 3.8) is 0 Å². The van der Waals surface area contributed by atoms with E-state index in [1.807, 2.05) is 32.4 Å². The number of nitrogens with zero attached hydrogens (tertiary/aromatic N) is 2. The maximum atomic E-state index is 11.9. The lowest BCUT2D eigenvalue weighted by atomic mass is 10.1. The Balaban J connectivity index is 2.16. The Labute approximate surface area is 131 Å². The fraction of sp³-hybridized carbons (Fsp3) is 0.400. The average Bonchev–Trinajstić information content (AvgIpc) is 2.94. The van der Waals surface area contributed by atoms with Crippen LogP contribution in [0.2, 0.25) is 0 Å². The van der Waals surface area contributed by atoms with E-state index < -0.39 is 10.0 Å². The molecule has 0 bridgehead atoms. The first-order chi connectivity index (χ1) is 10.3. The van der Waals surface area contributed by atoms with E-state index in [9.17, 15) is 8.42 Å². The maximum absolute atomic E-state index is 11.9. The van der Waals surface area contributed by atoms with Crippen LogP contribution in [0.4, 0.5) is 0 Å². The van der Waals surface area contributed by atoms with Crippen molar-refractivity contribution >= 4 is 10.0 Å². The summed E-state index contributed by atoms with van der Waals surface area (Å²) < 4.78 is 27.9. The van der Waals surface area contributed by atoms with E-state index in [1.54, 1.807) is 22.9 Å². The number of sulfonamides is 1. The van der Waals surface area contributed by atoms with Crippen LogP contribution in [0.25, 0.3) is 0 Å². The van der Waals surface area contributed by atoms with Crippen LogP contribution in [0.15, 0.2) is 41.6 Å². The molecule has 0 amide bonds. The van der Waals surface area contributed by atoms with Gasteiger partial charge in [0.05, 0.1) is 11.1 Å². The van der Waals surface area contributed by atoms with Crippen molar-refractivity contribution in [2.24, 2.45) is 7.05 Å². The number of benzene rings is 1. The molecule has 1 aromatic carbocycles. The summed E-state index contributed by atoms with van der Waals surface area (Å²) in [6.07, 6.45) is 3.79. The molecule has 0 aliphatic carbocycles. The molecule has 6 nitrogen and oxygen atoms in total. The summed E-state index contributed by atoms with van der Waals surface area (Å²) in [5, 5.41) is 7.62. The van der Waals surface area contributed by atoms with Crippen LogP contribution in [0.3, 0.4) is 0 Å². The fourth-order valence-corrected chi connectivity index (χ4v) is 3.08. The first-order valence-electron chi connectivity index (χ1n) is 7.11. The third kappa shape index (κ3) is 3.73. The minimum Gasteiger partial charge on any atom is -0.304 e. The van der Waals surface area contributed by atoms with Crippen molar-refractivity contribution in [2.75, 3.05) is 7.05 Å². The molecule has 0 saturated carbocycles. The van der Waals surface area contributed by atoms with Crippen molar-refractivity contribution in [2.45, 2.75) is 30.8 Å². The number of nitrogens with one attached hydrogen (secondary N) is 2. The highest BCUT2D eigenvalue weighted by molar-refractivity contribution is 7.89. The summed E-state index contributed by atoms with van der Waals surface area (Å²) in [6, 6.07) is 7.09. The van der Waals surface area contributed by atoms with Gasteiger partial charge in [-0.05, 0) is 38.6 Å². The first kappa shape index (κ1) is 16.7. The molecule has 1 heterocycles. The van der Waals surface area contributed by atoms with Crippen LogP contribution in [0, 0.1) is 0 Å². The second-order valence-electron chi connectivity index (χ2n) is 5.34. The normalized spacial score (nSPS) is 14.7. The predicted octanol–water partition coefficient (Wildman–Crippen LogP) is 1.74. The SMILES string of the molecule is CNS(=O)(=O)c1cccc([C@@H](C)N[C@@H](C)c2cnn(C)c2)c1. The summed E-state index contributed by atoms with van der Waals surface area (Å²) in [5.41, 5.74) is 2.01. The van der Waals surface area contributed by atoms with Gasteiger partial charge in [0.15, 0.2) is 0 Å². The predicted molar refractivity (Wildman–Crippen MR) is 85.9 cm³/mol. The van der Waals surface area contributed by atoms with Gasteiger partial charge in [-0.2, -0.15) is 5.10 Å². The van der Waals surface area contributed by atoms with E-state index in [0.29, 0.717) is 0 Å². The lowest BCUT2D eigenvalue weighted by molar-refractivity contribution is 0.493. The van der Waals surface area contributed by atoms with Gasteiger partial charge in [0.2, 0.25) is 10.0 Å². The van der Waals surface area contributed by atoms with Crippen molar-refractivity contribution in [1.29, 1.82) is 0 Å². The van der Waals surface area contributed by atoms with Crippen molar-refractivity contribution in [3.05, 3.63) is 47.8 Å². The Kier molecular flexibility index (Phi) is 5.00. The van der Waals surface area contributed by atoms with Gasteiger partial charge in [-0.25, -0.2) is 13.1 Å². The Morgan fingerprint density at radius 1 is 1.18 bits per heavy atom. The summed E-state index contributed by atoms with van der Waals surface area (Å²) in [5.74, 6) is 0. The third-order valence-electron chi connectivity index (χ3n) is 3.66. The Morgan fingerprint density at radius 3 is 2.45 bits per heavy atom. The number of hydrogen-bond acceptors (Lipinski definition) is 4. The Bertz CT molecular complexity index is 740. The standard InChI is InChI=1S/C15H22N4O2S/c1-11(18-12(2)14-9-17-19(4)10-14)13-6-5-7-15(8-13)22(20,21)16-3/h5-12,16,18H,1-4H3/t11-,12+/m1/s1. The monoisotopic (exact) mass is 322 g/mol. The molecule has 0 fully saturated rings. The summed E-state index contributed by atoms with van der Waals surface area (Å²) >= 11 is 0. The molecule has 2 N–H and O–H groups in total. The van der Waals surface area contributed by atoms with Gasteiger partial charge in [0.25, 0.3) is 0 Å². The topological polar surface area (TPSA) is 76.0 Å². The van der Waals surface area contributed by atoms with Gasteiger partial charge in [0, 0.05) is 30.9 Å². The van der Waals surface area contributed by atoms with Crippen LogP contribution in [0.5, 0.6) is 0 Å². The largest absolute Gasteiger partial charge is 0.304 e. The summed E-state index contributed by atoms with van der Waals surface area (Å²) in [7, 11) is -0.131. The van der Waals surface area contributed by atoms with Crippen LogP contribution in [-0.4, -0.2) is 25.2 Å². The zero-order valence-electron chi connectivity index (χ0n) is 13.2. The zero-order chi connectivity index (χ0) is 16.3. The highest BCUT2D eigenvalue weighted by Crippen LogP contribution is 2.21. The molecular weight excluding hydrogens is 300 g/mol. The van der Waals surface area contributed by atoms with E-state index in [4.69, 9.17) is 0 Å². The van der Waals surface area contributed by atoms with Crippen LogP contribution >= 0.6 is 0 Å². The lowest BCUT2D eigenvalue weighted by Gasteiger charge is -2.20. The van der Waals surface area contributed by atoms with Gasteiger partial charge in [-0.15, -0.1) is 0 Å². The molecule has 0 saturated heterocycles. The molecule has 0 spiro atoms. The van der Waals surface area contributed by atoms with Gasteiger partial charge >= 0.3 is 0 Å². The van der Waals surface area contributed by atoms with E-state index in [0.717, 1.165) is 11.1 Å². The molecule has 0 aliphatic heterocycles. The van der Waals surface area contributed by atoms with Crippen LogP contribution in [0.1, 0.15) is 37.1 Å². The highest BCUT2D eigenvalue weighted by Gasteiger charge is 2.16. The zero-order valence-corrected chi connectivity index (χ0v) is 14.1. The van der Waals surface area contributed by atoms with Crippen LogP contribution in [-0.2, 0) is 17.1 Å². The van der Waals surface area contributed by atoms with Gasteiger partial charge in [-0.1, -0.05) is 12.1 Å². The van der Waals surface area contributed by atoms with E-state index in [-0.39, 0.29) is 17.0 Å². The van der Waals surface area contributed by atoms with E-state index in [1.165, 1.54) is 7.05 Å². The van der Waals surface area contributed by atoms with Crippen molar-refractivity contribution in [1.82, 2.24) is 19.8 Å². The molecule has 7 heteroatoms. The molecule has 1 aromatic heterocycles. The number of aromatic nitrogens is 2. The van der Waals surface area contributed by atoms with Crippen LogP contribution < -0.4 is 10.0 Å². The highest BCUT2D eigenvalue weighted by atomic mass is 32.2. The molecule has 0 unspecified atom stereocenters.